The zero-order valence-electron chi connectivity index (χ0n) is 13.6. The van der Waals surface area contributed by atoms with Crippen LogP contribution in [0.4, 0.5) is 5.69 Å². The zero-order valence-corrected chi connectivity index (χ0v) is 15.8. The molecule has 8 nitrogen and oxygen atoms in total. The molecule has 25 heavy (non-hydrogen) atoms. The van der Waals surface area contributed by atoms with Crippen LogP contribution in [0.3, 0.4) is 0 Å². The van der Waals surface area contributed by atoms with E-state index in [1.165, 1.54) is 25.3 Å². The molecule has 0 radical (unpaired) electrons. The van der Waals surface area contributed by atoms with Crippen molar-refractivity contribution < 1.29 is 24.4 Å². The molecule has 9 heteroatoms. The summed E-state index contributed by atoms with van der Waals surface area (Å²) in [5.74, 6) is -2.85. The minimum Gasteiger partial charge on any atom is -0.478 e. The topological polar surface area (TPSA) is 110 Å². The van der Waals surface area contributed by atoms with Gasteiger partial charge in [-0.2, -0.15) is 0 Å². The normalized spacial score (nSPS) is 17.6. The van der Waals surface area contributed by atoms with E-state index in [-0.39, 0.29) is 16.8 Å². The first-order chi connectivity index (χ1) is 11.7. The first-order valence-corrected chi connectivity index (χ1v) is 8.10. The average Bonchev–Trinajstić information content (AvgIpc) is 2.58. The predicted octanol–water partition coefficient (Wildman–Crippen LogP) is 3.15. The number of aliphatic carboxylic acids is 1. The lowest BCUT2D eigenvalue weighted by molar-refractivity contribution is -0.384. The highest BCUT2D eigenvalue weighted by Gasteiger charge is 2.39. The third kappa shape index (κ3) is 3.36. The SMILES string of the molecule is COC(=O)C1=C(C)N(I)C(C)=C(C(=O)O)[C@@H]1c1cccc([N+](=O)[O-])c1. The van der Waals surface area contributed by atoms with Crippen LogP contribution in [0.2, 0.25) is 0 Å². The summed E-state index contributed by atoms with van der Waals surface area (Å²) in [5, 5.41) is 20.8. The number of ether oxygens (including phenoxy) is 1. The highest BCUT2D eigenvalue weighted by Crippen LogP contribution is 2.44. The van der Waals surface area contributed by atoms with Gasteiger partial charge in [0.25, 0.3) is 5.69 Å². The lowest BCUT2D eigenvalue weighted by atomic mass is 9.80. The van der Waals surface area contributed by atoms with Gasteiger partial charge in [0.1, 0.15) is 0 Å². The number of halogens is 1. The van der Waals surface area contributed by atoms with Gasteiger partial charge in [0, 0.05) is 23.5 Å². The van der Waals surface area contributed by atoms with Crippen molar-refractivity contribution >= 4 is 40.5 Å². The largest absolute Gasteiger partial charge is 0.478 e. The van der Waals surface area contributed by atoms with E-state index >= 15 is 0 Å². The number of benzene rings is 1. The number of carbonyl (C=O) groups excluding carboxylic acids is 1. The molecule has 0 aliphatic carbocycles. The molecule has 1 aliphatic rings. The Labute approximate surface area is 157 Å². The highest BCUT2D eigenvalue weighted by atomic mass is 127. The summed E-state index contributed by atoms with van der Waals surface area (Å²) < 4.78 is 6.40. The molecule has 1 aromatic carbocycles. The molecule has 0 unspecified atom stereocenters. The van der Waals surface area contributed by atoms with Crippen LogP contribution in [0.5, 0.6) is 0 Å². The minimum atomic E-state index is -1.20. The lowest BCUT2D eigenvalue weighted by Gasteiger charge is -2.33. The third-order valence-corrected chi connectivity index (χ3v) is 5.44. The number of hydrogen-bond acceptors (Lipinski definition) is 6. The fourth-order valence-corrected chi connectivity index (χ4v) is 3.35. The van der Waals surface area contributed by atoms with Crippen molar-refractivity contribution in [3.05, 3.63) is 62.5 Å². The number of carbonyl (C=O) groups is 2. The van der Waals surface area contributed by atoms with Crippen LogP contribution in [0.1, 0.15) is 25.3 Å². The molecule has 1 aliphatic heterocycles. The Balaban J connectivity index is 2.78. The monoisotopic (exact) mass is 458 g/mol. The fraction of sp³-hybridized carbons (Fsp3) is 0.250. The molecule has 0 fully saturated rings. The average molecular weight is 458 g/mol. The molecule has 0 amide bonds. The van der Waals surface area contributed by atoms with E-state index in [0.717, 1.165) is 0 Å². The van der Waals surface area contributed by atoms with Gasteiger partial charge in [0.15, 0.2) is 0 Å². The predicted molar refractivity (Wildman–Crippen MR) is 96.7 cm³/mol. The van der Waals surface area contributed by atoms with Crippen LogP contribution in [0.25, 0.3) is 0 Å². The molecule has 0 spiro atoms. The van der Waals surface area contributed by atoms with Gasteiger partial charge in [0.05, 0.1) is 52.0 Å². The molecular formula is C16H15IN2O6. The summed E-state index contributed by atoms with van der Waals surface area (Å²) in [6.45, 7) is 3.29. The highest BCUT2D eigenvalue weighted by molar-refractivity contribution is 14.1. The summed E-state index contributed by atoms with van der Waals surface area (Å²) in [6, 6.07) is 5.61. The lowest BCUT2D eigenvalue weighted by Crippen LogP contribution is -2.30. The summed E-state index contributed by atoms with van der Waals surface area (Å²) in [5.41, 5.74) is 1.23. The first-order valence-electron chi connectivity index (χ1n) is 7.14. The van der Waals surface area contributed by atoms with Crippen molar-refractivity contribution in [2.45, 2.75) is 19.8 Å². The molecule has 0 aromatic heterocycles. The smallest absolute Gasteiger partial charge is 0.336 e. The second-order valence-electron chi connectivity index (χ2n) is 5.36. The Morgan fingerprint density at radius 1 is 1.28 bits per heavy atom. The minimum absolute atomic E-state index is 0.0269. The maximum absolute atomic E-state index is 12.3. The molecule has 1 heterocycles. The van der Waals surface area contributed by atoms with Crippen molar-refractivity contribution in [1.82, 2.24) is 3.11 Å². The molecule has 132 valence electrons. The second-order valence-corrected chi connectivity index (χ2v) is 6.33. The number of nitrogens with zero attached hydrogens (tertiary/aromatic N) is 2. The summed E-state index contributed by atoms with van der Waals surface area (Å²) >= 11 is 1.91. The number of esters is 1. The molecule has 1 aromatic rings. The number of allylic oxidation sites excluding steroid dienone is 2. The van der Waals surface area contributed by atoms with Gasteiger partial charge in [-0.15, -0.1) is 0 Å². The standard InChI is InChI=1S/C16H15IN2O6/c1-8-12(15(20)21)14(10-5-4-6-11(7-10)19(23)24)13(16(22)25-3)9(2)18(8)17/h4-7,14H,1-3H3,(H,20,21)/t14-/m0/s1. The van der Waals surface area contributed by atoms with E-state index in [4.69, 9.17) is 4.74 Å². The van der Waals surface area contributed by atoms with Crippen molar-refractivity contribution in [3.63, 3.8) is 0 Å². The third-order valence-electron chi connectivity index (χ3n) is 4.00. The Bertz CT molecular complexity index is 830. The van der Waals surface area contributed by atoms with E-state index in [1.807, 2.05) is 22.9 Å². The molecular weight excluding hydrogens is 443 g/mol. The summed E-state index contributed by atoms with van der Waals surface area (Å²) in [6.07, 6.45) is 0. The van der Waals surface area contributed by atoms with E-state index in [9.17, 15) is 24.8 Å². The van der Waals surface area contributed by atoms with E-state index < -0.39 is 22.8 Å². The van der Waals surface area contributed by atoms with Crippen molar-refractivity contribution in [1.29, 1.82) is 0 Å². The Hall–Kier alpha value is -2.43. The van der Waals surface area contributed by atoms with Gasteiger partial charge in [-0.05, 0) is 19.4 Å². The molecule has 1 N–H and O–H groups in total. The quantitative estimate of drug-likeness (QED) is 0.243. The van der Waals surface area contributed by atoms with Crippen LogP contribution >= 0.6 is 22.9 Å². The van der Waals surface area contributed by atoms with Crippen LogP contribution in [0, 0.1) is 10.1 Å². The van der Waals surface area contributed by atoms with E-state index in [0.29, 0.717) is 17.0 Å². The summed E-state index contributed by atoms with van der Waals surface area (Å²) in [4.78, 5) is 34.7. The summed E-state index contributed by atoms with van der Waals surface area (Å²) in [7, 11) is 1.20. The van der Waals surface area contributed by atoms with Crippen molar-refractivity contribution in [3.8, 4) is 0 Å². The van der Waals surface area contributed by atoms with Gasteiger partial charge in [-0.1, -0.05) is 12.1 Å². The van der Waals surface area contributed by atoms with Crippen LogP contribution in [0.15, 0.2) is 46.8 Å². The van der Waals surface area contributed by atoms with Crippen LogP contribution < -0.4 is 0 Å². The molecule has 0 saturated heterocycles. The fourth-order valence-electron chi connectivity index (χ4n) is 2.83. The van der Waals surface area contributed by atoms with Crippen molar-refractivity contribution in [2.24, 2.45) is 0 Å². The number of non-ortho nitro benzene ring substituents is 1. The molecule has 0 bridgehead atoms. The number of nitro groups is 1. The molecule has 2 rings (SSSR count). The Morgan fingerprint density at radius 2 is 1.88 bits per heavy atom. The van der Waals surface area contributed by atoms with Gasteiger partial charge in [-0.25, -0.2) is 9.59 Å². The van der Waals surface area contributed by atoms with E-state index in [2.05, 4.69) is 0 Å². The van der Waals surface area contributed by atoms with Gasteiger partial charge in [0.2, 0.25) is 0 Å². The van der Waals surface area contributed by atoms with Gasteiger partial charge < -0.3 is 9.84 Å². The van der Waals surface area contributed by atoms with Gasteiger partial charge in [-0.3, -0.25) is 13.2 Å². The Kier molecular flexibility index (Phi) is 5.45. The number of nitro benzene ring substituents is 1. The number of hydrogen-bond donors (Lipinski definition) is 1. The number of methoxy groups -OCH3 is 1. The first kappa shape index (κ1) is 18.9. The number of carboxylic acids is 1. The second kappa shape index (κ2) is 7.21. The zero-order chi connectivity index (χ0) is 18.9. The maximum Gasteiger partial charge on any atom is 0.336 e. The number of carboxylic acid groups (broad SMARTS) is 1. The molecule has 1 atom stereocenters. The van der Waals surface area contributed by atoms with Crippen LogP contribution in [-0.4, -0.2) is 32.2 Å². The number of rotatable bonds is 4. The van der Waals surface area contributed by atoms with E-state index in [1.54, 1.807) is 23.0 Å². The maximum atomic E-state index is 12.3. The molecule has 0 saturated carbocycles. The van der Waals surface area contributed by atoms with Crippen LogP contribution in [-0.2, 0) is 14.3 Å². The van der Waals surface area contributed by atoms with Gasteiger partial charge >= 0.3 is 11.9 Å². The van der Waals surface area contributed by atoms with Crippen molar-refractivity contribution in [2.75, 3.05) is 7.11 Å². The Morgan fingerprint density at radius 3 is 2.40 bits per heavy atom.